The number of nitrogens with one attached hydrogen (secondary N) is 1. The van der Waals surface area contributed by atoms with Crippen LogP contribution < -0.4 is 14.9 Å². The molecule has 0 spiro atoms. The lowest BCUT2D eigenvalue weighted by atomic mass is 10.2. The summed E-state index contributed by atoms with van der Waals surface area (Å²) in [5, 5.41) is 8.89. The minimum Gasteiger partial charge on any atom is -0.493 e. The first-order chi connectivity index (χ1) is 15.5. The topological polar surface area (TPSA) is 103 Å². The molecule has 162 valence electrons. The lowest BCUT2D eigenvalue weighted by Gasteiger charge is -2.09. The zero-order chi connectivity index (χ0) is 22.7. The highest BCUT2D eigenvalue weighted by molar-refractivity contribution is 7.21. The number of carbonyl (C=O) groups excluding carboxylic acids is 2. The average molecular weight is 487 g/mol. The van der Waals surface area contributed by atoms with E-state index in [-0.39, 0.29) is 5.75 Å². The molecular formula is C21H15ClN4O4S2. The number of hydrogen-bond acceptors (Lipinski definition) is 9. The second-order valence-electron chi connectivity index (χ2n) is 6.43. The second kappa shape index (κ2) is 9.43. The molecule has 0 saturated heterocycles. The molecule has 4 aromatic rings. The normalized spacial score (nSPS) is 11.1. The van der Waals surface area contributed by atoms with Crippen LogP contribution in [0, 0.1) is 6.92 Å². The van der Waals surface area contributed by atoms with Crippen molar-refractivity contribution in [3.8, 4) is 11.5 Å². The SMILES string of the molecule is COc1cc(/C=N\NC(=O)c2snnc2C)ccc1OC(=O)c1sc2ccccc2c1Cl. The van der Waals surface area contributed by atoms with Crippen LogP contribution in [0.3, 0.4) is 0 Å². The zero-order valence-electron chi connectivity index (χ0n) is 16.8. The van der Waals surface area contributed by atoms with Crippen molar-refractivity contribution < 1.29 is 19.1 Å². The number of thiophene rings is 1. The molecule has 0 saturated carbocycles. The number of hydrazone groups is 1. The van der Waals surface area contributed by atoms with Crippen molar-refractivity contribution in [2.45, 2.75) is 6.92 Å². The molecule has 0 aliphatic carbocycles. The number of hydrogen-bond donors (Lipinski definition) is 1. The van der Waals surface area contributed by atoms with Gasteiger partial charge < -0.3 is 9.47 Å². The van der Waals surface area contributed by atoms with E-state index in [1.807, 2.05) is 24.3 Å². The number of carbonyl (C=O) groups is 2. The van der Waals surface area contributed by atoms with E-state index in [1.165, 1.54) is 24.7 Å². The minimum atomic E-state index is -0.572. The Balaban J connectivity index is 1.48. The highest BCUT2D eigenvalue weighted by atomic mass is 35.5. The van der Waals surface area contributed by atoms with Gasteiger partial charge >= 0.3 is 5.97 Å². The van der Waals surface area contributed by atoms with Crippen LogP contribution in [0.2, 0.25) is 5.02 Å². The van der Waals surface area contributed by atoms with Gasteiger partial charge in [0.25, 0.3) is 5.91 Å². The van der Waals surface area contributed by atoms with Gasteiger partial charge in [-0.15, -0.1) is 16.4 Å². The van der Waals surface area contributed by atoms with Gasteiger partial charge in [0.2, 0.25) is 0 Å². The molecule has 0 atom stereocenters. The Morgan fingerprint density at radius 3 is 2.69 bits per heavy atom. The first kappa shape index (κ1) is 21.9. The monoisotopic (exact) mass is 486 g/mol. The fourth-order valence-corrected chi connectivity index (χ4v) is 4.73. The van der Waals surface area contributed by atoms with Crippen molar-refractivity contribution in [3.63, 3.8) is 0 Å². The molecule has 1 amide bonds. The zero-order valence-corrected chi connectivity index (χ0v) is 19.2. The van der Waals surface area contributed by atoms with Crippen molar-refractivity contribution in [2.24, 2.45) is 5.10 Å². The summed E-state index contributed by atoms with van der Waals surface area (Å²) in [5.74, 6) is -0.407. The summed E-state index contributed by atoms with van der Waals surface area (Å²) in [6, 6.07) is 12.4. The molecule has 0 aliphatic heterocycles. The third kappa shape index (κ3) is 4.47. The van der Waals surface area contributed by atoms with Crippen LogP contribution in [0.4, 0.5) is 0 Å². The quantitative estimate of drug-likeness (QED) is 0.183. The number of fused-ring (bicyclic) bond motifs is 1. The maximum absolute atomic E-state index is 12.7. The Morgan fingerprint density at radius 1 is 1.16 bits per heavy atom. The van der Waals surface area contributed by atoms with Gasteiger partial charge in [-0.05, 0) is 48.3 Å². The standard InChI is InChI=1S/C21H15ClN4O4S2/c1-11-18(32-26-24-11)20(27)25-23-10-12-7-8-14(15(9-12)29-2)30-21(28)19-17(22)13-5-3-4-6-16(13)31-19/h3-10H,1-2H3,(H,25,27)/b23-10-. The lowest BCUT2D eigenvalue weighted by molar-refractivity contribution is 0.0734. The third-order valence-electron chi connectivity index (χ3n) is 4.35. The van der Waals surface area contributed by atoms with Crippen LogP contribution in [0.15, 0.2) is 47.6 Å². The maximum Gasteiger partial charge on any atom is 0.355 e. The molecule has 0 bridgehead atoms. The van der Waals surface area contributed by atoms with Gasteiger partial charge in [-0.2, -0.15) is 5.10 Å². The highest BCUT2D eigenvalue weighted by Gasteiger charge is 2.20. The molecule has 0 radical (unpaired) electrons. The number of halogens is 1. The highest BCUT2D eigenvalue weighted by Crippen LogP contribution is 2.37. The number of esters is 1. The molecule has 4 rings (SSSR count). The Hall–Kier alpha value is -3.34. The molecule has 2 aromatic heterocycles. The van der Waals surface area contributed by atoms with E-state index in [4.69, 9.17) is 21.1 Å². The Morgan fingerprint density at radius 2 is 1.97 bits per heavy atom. The number of ether oxygens (including phenoxy) is 2. The van der Waals surface area contributed by atoms with Crippen molar-refractivity contribution in [1.29, 1.82) is 0 Å². The predicted octanol–water partition coefficient (Wildman–Crippen LogP) is 4.71. The molecular weight excluding hydrogens is 472 g/mol. The maximum atomic E-state index is 12.7. The Kier molecular flexibility index (Phi) is 6.45. The number of nitrogens with zero attached hydrogens (tertiary/aromatic N) is 3. The largest absolute Gasteiger partial charge is 0.493 e. The summed E-state index contributed by atoms with van der Waals surface area (Å²) in [7, 11) is 1.46. The molecule has 32 heavy (non-hydrogen) atoms. The first-order valence-electron chi connectivity index (χ1n) is 9.17. The van der Waals surface area contributed by atoms with Gasteiger partial charge in [0.15, 0.2) is 11.5 Å². The Labute approximate surface area is 195 Å². The molecule has 0 fully saturated rings. The molecule has 11 heteroatoms. The van der Waals surface area contributed by atoms with E-state index in [1.54, 1.807) is 25.1 Å². The fraction of sp³-hybridized carbons (Fsp3) is 0.0952. The fourth-order valence-electron chi connectivity index (χ4n) is 2.80. The summed E-state index contributed by atoms with van der Waals surface area (Å²) in [6.45, 7) is 1.69. The van der Waals surface area contributed by atoms with Crippen molar-refractivity contribution >= 4 is 62.6 Å². The molecule has 0 aliphatic rings. The van der Waals surface area contributed by atoms with E-state index < -0.39 is 11.9 Å². The predicted molar refractivity (Wildman–Crippen MR) is 124 cm³/mol. The number of aromatic nitrogens is 2. The van der Waals surface area contributed by atoms with E-state index >= 15 is 0 Å². The lowest BCUT2D eigenvalue weighted by Crippen LogP contribution is -2.17. The number of methoxy groups -OCH3 is 1. The molecule has 2 heterocycles. The van der Waals surface area contributed by atoms with Crippen LogP contribution in [0.25, 0.3) is 10.1 Å². The van der Waals surface area contributed by atoms with Gasteiger partial charge in [-0.25, -0.2) is 10.2 Å². The first-order valence-corrected chi connectivity index (χ1v) is 11.1. The van der Waals surface area contributed by atoms with Gasteiger partial charge in [0.05, 0.1) is 24.0 Å². The molecule has 2 aromatic carbocycles. The van der Waals surface area contributed by atoms with Crippen molar-refractivity contribution in [3.05, 3.63) is 68.5 Å². The van der Waals surface area contributed by atoms with Gasteiger partial charge in [-0.1, -0.05) is 34.3 Å². The minimum absolute atomic E-state index is 0.235. The number of rotatable bonds is 6. The average Bonchev–Trinajstić information content (AvgIpc) is 3.38. The summed E-state index contributed by atoms with van der Waals surface area (Å²) in [4.78, 5) is 25.5. The van der Waals surface area contributed by atoms with E-state index in [0.29, 0.717) is 31.8 Å². The van der Waals surface area contributed by atoms with Gasteiger partial charge in [-0.3, -0.25) is 4.79 Å². The Bertz CT molecular complexity index is 1350. The number of benzene rings is 2. The number of aryl methyl sites for hydroxylation is 1. The van der Waals surface area contributed by atoms with Crippen LogP contribution in [-0.2, 0) is 0 Å². The van der Waals surface area contributed by atoms with Crippen molar-refractivity contribution in [1.82, 2.24) is 15.0 Å². The number of amides is 1. The second-order valence-corrected chi connectivity index (χ2v) is 8.61. The van der Waals surface area contributed by atoms with Crippen LogP contribution >= 0.6 is 34.5 Å². The van der Waals surface area contributed by atoms with Crippen LogP contribution in [-0.4, -0.2) is 34.8 Å². The van der Waals surface area contributed by atoms with E-state index in [2.05, 4.69) is 20.1 Å². The van der Waals surface area contributed by atoms with Gasteiger partial charge in [0.1, 0.15) is 9.75 Å². The van der Waals surface area contributed by atoms with Gasteiger partial charge in [0, 0.05) is 10.1 Å². The van der Waals surface area contributed by atoms with Crippen LogP contribution in [0.1, 0.15) is 30.6 Å². The third-order valence-corrected chi connectivity index (χ3v) is 6.83. The summed E-state index contributed by atoms with van der Waals surface area (Å²) < 4.78 is 15.5. The summed E-state index contributed by atoms with van der Waals surface area (Å²) >= 11 is 8.62. The summed E-state index contributed by atoms with van der Waals surface area (Å²) in [6.07, 6.45) is 1.44. The van der Waals surface area contributed by atoms with Crippen molar-refractivity contribution in [2.75, 3.05) is 7.11 Å². The molecule has 0 unspecified atom stereocenters. The summed E-state index contributed by atoms with van der Waals surface area (Å²) in [5.41, 5.74) is 3.58. The molecule has 8 nitrogen and oxygen atoms in total. The van der Waals surface area contributed by atoms with E-state index in [9.17, 15) is 9.59 Å². The molecule has 1 N–H and O–H groups in total. The smallest absolute Gasteiger partial charge is 0.355 e. The van der Waals surface area contributed by atoms with E-state index in [0.717, 1.165) is 21.6 Å². The van der Waals surface area contributed by atoms with Crippen LogP contribution in [0.5, 0.6) is 11.5 Å².